The summed E-state index contributed by atoms with van der Waals surface area (Å²) < 4.78 is 13.1. The van der Waals surface area contributed by atoms with E-state index in [1.54, 1.807) is 12.1 Å². The number of hydrogen-bond acceptors (Lipinski definition) is 2. The smallest absolute Gasteiger partial charge is 0.141 e. The zero-order valence-corrected chi connectivity index (χ0v) is 12.0. The molecule has 0 amide bonds. The molecule has 3 nitrogen and oxygen atoms in total. The Hall–Kier alpha value is -0.840. The molecule has 0 aliphatic carbocycles. The molecule has 1 aliphatic rings. The maximum atomic E-state index is 13.1. The van der Waals surface area contributed by atoms with Crippen LogP contribution in [0.15, 0.2) is 18.2 Å². The molecule has 2 rings (SSSR count). The van der Waals surface area contributed by atoms with Crippen molar-refractivity contribution in [1.29, 1.82) is 0 Å². The minimum Gasteiger partial charge on any atom is -0.382 e. The number of anilines is 1. The topological polar surface area (TPSA) is 52.1 Å². The first-order chi connectivity index (χ1) is 8.92. The average Bonchev–Trinajstić information content (AvgIpc) is 2.33. The van der Waals surface area contributed by atoms with Crippen molar-refractivity contribution in [3.8, 4) is 0 Å². The SMILES string of the molecule is CC1CC(Nc2ccc(F)c(Cl)c2)CC(C)(CN)[N]1. The summed E-state index contributed by atoms with van der Waals surface area (Å²) in [4.78, 5) is 0. The van der Waals surface area contributed by atoms with E-state index < -0.39 is 5.82 Å². The van der Waals surface area contributed by atoms with Crippen LogP contribution in [-0.4, -0.2) is 24.2 Å². The molecule has 1 fully saturated rings. The van der Waals surface area contributed by atoms with Crippen molar-refractivity contribution < 1.29 is 4.39 Å². The van der Waals surface area contributed by atoms with E-state index in [1.807, 2.05) is 0 Å². The van der Waals surface area contributed by atoms with E-state index in [-0.39, 0.29) is 22.6 Å². The number of nitrogens with two attached hydrogens (primary N) is 1. The molecule has 5 heteroatoms. The second-order valence-electron chi connectivity index (χ2n) is 5.59. The average molecular weight is 285 g/mol. The number of rotatable bonds is 3. The Balaban J connectivity index is 2.07. The van der Waals surface area contributed by atoms with Gasteiger partial charge < -0.3 is 11.1 Å². The highest BCUT2D eigenvalue weighted by Gasteiger charge is 2.35. The summed E-state index contributed by atoms with van der Waals surface area (Å²) in [6.07, 6.45) is 1.83. The van der Waals surface area contributed by atoms with Gasteiger partial charge in [-0.2, -0.15) is 0 Å². The molecule has 1 radical (unpaired) electrons. The van der Waals surface area contributed by atoms with Crippen molar-refractivity contribution in [2.24, 2.45) is 5.73 Å². The Morgan fingerprint density at radius 3 is 2.95 bits per heavy atom. The van der Waals surface area contributed by atoms with Crippen molar-refractivity contribution in [3.63, 3.8) is 0 Å². The Morgan fingerprint density at radius 1 is 1.58 bits per heavy atom. The largest absolute Gasteiger partial charge is 0.382 e. The Morgan fingerprint density at radius 2 is 2.32 bits per heavy atom. The summed E-state index contributed by atoms with van der Waals surface area (Å²) in [5.41, 5.74) is 6.46. The van der Waals surface area contributed by atoms with E-state index in [4.69, 9.17) is 22.7 Å². The van der Waals surface area contributed by atoms with E-state index in [0.717, 1.165) is 18.5 Å². The van der Waals surface area contributed by atoms with E-state index in [0.29, 0.717) is 6.54 Å². The summed E-state index contributed by atoms with van der Waals surface area (Å²) in [5.74, 6) is -0.397. The zero-order valence-electron chi connectivity index (χ0n) is 11.3. The van der Waals surface area contributed by atoms with Gasteiger partial charge in [0.25, 0.3) is 0 Å². The third-order valence-corrected chi connectivity index (χ3v) is 3.86. The van der Waals surface area contributed by atoms with Crippen LogP contribution in [0.2, 0.25) is 5.02 Å². The van der Waals surface area contributed by atoms with Crippen molar-refractivity contribution in [2.45, 2.75) is 44.3 Å². The van der Waals surface area contributed by atoms with Gasteiger partial charge in [-0.25, -0.2) is 9.71 Å². The van der Waals surface area contributed by atoms with Crippen molar-refractivity contribution in [3.05, 3.63) is 29.0 Å². The minimum atomic E-state index is -0.397. The molecule has 1 aromatic carbocycles. The van der Waals surface area contributed by atoms with Gasteiger partial charge in [0.15, 0.2) is 0 Å². The van der Waals surface area contributed by atoms with E-state index >= 15 is 0 Å². The summed E-state index contributed by atoms with van der Waals surface area (Å²) in [5, 5.41) is 8.25. The monoisotopic (exact) mass is 284 g/mol. The molecular formula is C14H20ClFN3. The maximum Gasteiger partial charge on any atom is 0.141 e. The molecule has 3 atom stereocenters. The molecule has 0 saturated carbocycles. The van der Waals surface area contributed by atoms with Crippen molar-refractivity contribution in [2.75, 3.05) is 11.9 Å². The van der Waals surface area contributed by atoms with Crippen LogP contribution >= 0.6 is 11.6 Å². The second kappa shape index (κ2) is 5.65. The van der Waals surface area contributed by atoms with Gasteiger partial charge in [-0.15, -0.1) is 0 Å². The second-order valence-corrected chi connectivity index (χ2v) is 6.00. The van der Waals surface area contributed by atoms with Crippen LogP contribution in [-0.2, 0) is 0 Å². The fraction of sp³-hybridized carbons (Fsp3) is 0.571. The maximum absolute atomic E-state index is 13.1. The Bertz CT molecular complexity index is 454. The Labute approximate surface area is 118 Å². The molecule has 1 aromatic rings. The lowest BCUT2D eigenvalue weighted by Crippen LogP contribution is -2.55. The minimum absolute atomic E-state index is 0.139. The molecule has 3 N–H and O–H groups in total. The quantitative estimate of drug-likeness (QED) is 0.897. The predicted octanol–water partition coefficient (Wildman–Crippen LogP) is 2.76. The lowest BCUT2D eigenvalue weighted by molar-refractivity contribution is 0.218. The molecular weight excluding hydrogens is 265 g/mol. The summed E-state index contributed by atoms with van der Waals surface area (Å²) >= 11 is 5.79. The first-order valence-electron chi connectivity index (χ1n) is 6.55. The van der Waals surface area contributed by atoms with Gasteiger partial charge in [-0.05, 0) is 44.9 Å². The summed E-state index contributed by atoms with van der Waals surface area (Å²) in [6.45, 7) is 4.72. The fourth-order valence-electron chi connectivity index (χ4n) is 2.73. The van der Waals surface area contributed by atoms with Crippen molar-refractivity contribution in [1.82, 2.24) is 5.32 Å². The van der Waals surface area contributed by atoms with Gasteiger partial charge in [-0.3, -0.25) is 0 Å². The Kier molecular flexibility index (Phi) is 4.33. The van der Waals surface area contributed by atoms with Gasteiger partial charge in [0.2, 0.25) is 0 Å². The van der Waals surface area contributed by atoms with Crippen LogP contribution in [0, 0.1) is 5.82 Å². The van der Waals surface area contributed by atoms with Crippen molar-refractivity contribution >= 4 is 17.3 Å². The third-order valence-electron chi connectivity index (χ3n) is 3.57. The molecule has 105 valence electrons. The lowest BCUT2D eigenvalue weighted by atomic mass is 9.84. The third kappa shape index (κ3) is 3.59. The van der Waals surface area contributed by atoms with E-state index in [2.05, 4.69) is 19.2 Å². The first kappa shape index (κ1) is 14.6. The van der Waals surface area contributed by atoms with Gasteiger partial charge in [0.1, 0.15) is 5.82 Å². The van der Waals surface area contributed by atoms with Gasteiger partial charge in [0, 0.05) is 29.9 Å². The van der Waals surface area contributed by atoms with Crippen LogP contribution in [0.3, 0.4) is 0 Å². The molecule has 1 heterocycles. The molecule has 3 unspecified atom stereocenters. The van der Waals surface area contributed by atoms with Crippen LogP contribution in [0.4, 0.5) is 10.1 Å². The highest BCUT2D eigenvalue weighted by Crippen LogP contribution is 2.27. The van der Waals surface area contributed by atoms with Crippen LogP contribution < -0.4 is 16.4 Å². The van der Waals surface area contributed by atoms with E-state index in [1.165, 1.54) is 6.07 Å². The molecule has 0 spiro atoms. The van der Waals surface area contributed by atoms with Gasteiger partial charge >= 0.3 is 0 Å². The van der Waals surface area contributed by atoms with E-state index in [9.17, 15) is 4.39 Å². The number of halogens is 2. The highest BCUT2D eigenvalue weighted by molar-refractivity contribution is 6.31. The first-order valence-corrected chi connectivity index (χ1v) is 6.93. The normalized spacial score (nSPS) is 31.2. The number of piperidine rings is 1. The van der Waals surface area contributed by atoms with Gasteiger partial charge in [0.05, 0.1) is 5.02 Å². The molecule has 0 bridgehead atoms. The van der Waals surface area contributed by atoms with Crippen LogP contribution in [0.1, 0.15) is 26.7 Å². The van der Waals surface area contributed by atoms with Crippen LogP contribution in [0.5, 0.6) is 0 Å². The standard InChI is InChI=1S/C14H20ClFN3/c1-9-5-11(7-14(2,8-17)19-9)18-10-3-4-13(16)12(15)6-10/h3-4,6,9,11,18H,5,7-8,17H2,1-2H3. The molecule has 1 saturated heterocycles. The fourth-order valence-corrected chi connectivity index (χ4v) is 2.91. The number of benzene rings is 1. The molecule has 19 heavy (non-hydrogen) atoms. The zero-order chi connectivity index (χ0) is 14.0. The number of nitrogens with zero attached hydrogens (tertiary/aromatic N) is 1. The van der Waals surface area contributed by atoms with Gasteiger partial charge in [-0.1, -0.05) is 11.6 Å². The predicted molar refractivity (Wildman–Crippen MR) is 77.1 cm³/mol. The van der Waals surface area contributed by atoms with Crippen LogP contribution in [0.25, 0.3) is 0 Å². The molecule has 0 aromatic heterocycles. The summed E-state index contributed by atoms with van der Waals surface area (Å²) in [6, 6.07) is 5.26. The summed E-state index contributed by atoms with van der Waals surface area (Å²) in [7, 11) is 0. The number of nitrogens with one attached hydrogen (secondary N) is 1. The lowest BCUT2D eigenvalue weighted by Gasteiger charge is -2.41. The highest BCUT2D eigenvalue weighted by atomic mass is 35.5. The number of hydrogen-bond donors (Lipinski definition) is 2. The molecule has 1 aliphatic heterocycles.